The maximum Gasteiger partial charge on any atom is 0.393 e. The molecule has 0 radical (unpaired) electrons. The molecule has 1 aliphatic rings. The Labute approximate surface area is 83.6 Å². The van der Waals surface area contributed by atoms with E-state index >= 15 is 0 Å². The van der Waals surface area contributed by atoms with Gasteiger partial charge in [-0.15, -0.1) is 20.7 Å². The van der Waals surface area contributed by atoms with Crippen LogP contribution in [0.2, 0.25) is 0 Å². The van der Waals surface area contributed by atoms with Crippen LogP contribution in [-0.4, -0.2) is 27.5 Å². The van der Waals surface area contributed by atoms with Gasteiger partial charge in [0.25, 0.3) is 0 Å². The largest absolute Gasteiger partial charge is 0.393 e. The monoisotopic (exact) mass is 311 g/mol. The van der Waals surface area contributed by atoms with Gasteiger partial charge in [0.1, 0.15) is 6.17 Å². The minimum atomic E-state index is -4.28. The van der Waals surface area contributed by atoms with Gasteiger partial charge in [0.15, 0.2) is 0 Å². The standard InChI is InChI=1S/C7H10F4IN/c1-12-6-5(8)2-4(3-13-6)7(9,10)11/h4-6,13H,1-3H2. The van der Waals surface area contributed by atoms with Gasteiger partial charge in [-0.25, -0.2) is 4.39 Å². The molecule has 0 aliphatic carbocycles. The molecule has 6 heteroatoms. The number of halogens is 5. The first-order valence-corrected chi connectivity index (χ1v) is 6.53. The highest BCUT2D eigenvalue weighted by Crippen LogP contribution is 2.34. The summed E-state index contributed by atoms with van der Waals surface area (Å²) in [6, 6.07) is 0. The summed E-state index contributed by atoms with van der Waals surface area (Å²) in [6.45, 7) is -0.163. The van der Waals surface area contributed by atoms with Crippen LogP contribution in [0.1, 0.15) is 6.42 Å². The minimum Gasteiger partial charge on any atom is -0.303 e. The van der Waals surface area contributed by atoms with Crippen LogP contribution in [0, 0.1) is 5.92 Å². The first-order chi connectivity index (χ1) is 5.95. The number of nitrogens with one attached hydrogen (secondary N) is 1. The first kappa shape index (κ1) is 11.4. The molecule has 0 aromatic carbocycles. The maximum atomic E-state index is 13.1. The van der Waals surface area contributed by atoms with Gasteiger partial charge in [-0.2, -0.15) is 13.2 Å². The van der Waals surface area contributed by atoms with E-state index in [1.54, 1.807) is 0 Å². The lowest BCUT2D eigenvalue weighted by Crippen LogP contribution is -2.48. The van der Waals surface area contributed by atoms with Gasteiger partial charge in [0, 0.05) is 6.54 Å². The van der Waals surface area contributed by atoms with E-state index in [9.17, 15) is 17.6 Å². The van der Waals surface area contributed by atoms with Crippen LogP contribution in [0.4, 0.5) is 17.6 Å². The fraction of sp³-hybridized carbons (Fsp3) is 0.857. The van der Waals surface area contributed by atoms with Gasteiger partial charge >= 0.3 is 6.18 Å². The first-order valence-electron chi connectivity index (χ1n) is 3.76. The Morgan fingerprint density at radius 1 is 1.38 bits per heavy atom. The normalized spacial score (nSPS) is 36.2. The molecular formula is C7H10F4IN. The molecule has 3 atom stereocenters. The molecule has 78 valence electrons. The molecule has 1 fully saturated rings. The highest BCUT2D eigenvalue weighted by molar-refractivity contribution is 14.2. The second kappa shape index (κ2) is 4.20. The number of rotatable bonds is 1. The topological polar surface area (TPSA) is 12.0 Å². The average Bonchev–Trinajstić information content (AvgIpc) is 2.02. The van der Waals surface area contributed by atoms with E-state index in [-0.39, 0.29) is 6.54 Å². The summed E-state index contributed by atoms with van der Waals surface area (Å²) in [5.74, 6) is -1.53. The van der Waals surface area contributed by atoms with Crippen molar-refractivity contribution in [2.75, 3.05) is 6.54 Å². The van der Waals surface area contributed by atoms with Gasteiger partial charge in [0.05, 0.1) is 9.97 Å². The molecule has 1 heterocycles. The van der Waals surface area contributed by atoms with E-state index in [0.29, 0.717) is 0 Å². The van der Waals surface area contributed by atoms with E-state index in [0.717, 1.165) is 0 Å². The number of hydrogen-bond acceptors (Lipinski definition) is 1. The van der Waals surface area contributed by atoms with E-state index in [4.69, 9.17) is 0 Å². The smallest absolute Gasteiger partial charge is 0.303 e. The van der Waals surface area contributed by atoms with Crippen molar-refractivity contribution in [3.05, 3.63) is 0 Å². The Morgan fingerprint density at radius 3 is 2.38 bits per heavy atom. The second-order valence-corrected chi connectivity index (χ2v) is 5.18. The zero-order valence-electron chi connectivity index (χ0n) is 6.74. The molecule has 0 aromatic rings. The number of alkyl halides is 5. The van der Waals surface area contributed by atoms with Crippen molar-refractivity contribution < 1.29 is 17.6 Å². The molecule has 1 nitrogen and oxygen atoms in total. The van der Waals surface area contributed by atoms with Crippen molar-refractivity contribution in [3.8, 4) is 0 Å². The maximum absolute atomic E-state index is 13.1. The fourth-order valence-electron chi connectivity index (χ4n) is 1.26. The lowest BCUT2D eigenvalue weighted by molar-refractivity contribution is -0.182. The van der Waals surface area contributed by atoms with Crippen molar-refractivity contribution in [1.29, 1.82) is 0 Å². The van der Waals surface area contributed by atoms with Gasteiger partial charge in [-0.1, -0.05) is 4.51 Å². The second-order valence-electron chi connectivity index (χ2n) is 2.95. The average molecular weight is 311 g/mol. The Morgan fingerprint density at radius 2 is 2.00 bits per heavy atom. The van der Waals surface area contributed by atoms with Gasteiger partial charge in [-0.3, -0.25) is 0 Å². The van der Waals surface area contributed by atoms with Crippen molar-refractivity contribution in [2.45, 2.75) is 22.8 Å². The quantitative estimate of drug-likeness (QED) is 0.339. The fourth-order valence-corrected chi connectivity index (χ4v) is 2.67. The van der Waals surface area contributed by atoms with Gasteiger partial charge in [-0.05, 0) is 6.42 Å². The summed E-state index contributed by atoms with van der Waals surface area (Å²) in [5.41, 5.74) is 0. The van der Waals surface area contributed by atoms with Crippen LogP contribution < -0.4 is 5.32 Å². The molecule has 1 N–H and O–H groups in total. The number of piperidine rings is 1. The van der Waals surface area contributed by atoms with Crippen molar-refractivity contribution in [3.63, 3.8) is 0 Å². The van der Waals surface area contributed by atoms with Gasteiger partial charge < -0.3 is 5.32 Å². The van der Waals surface area contributed by atoms with Crippen LogP contribution in [0.3, 0.4) is 0 Å². The van der Waals surface area contributed by atoms with Crippen molar-refractivity contribution in [1.82, 2.24) is 5.32 Å². The Hall–Kier alpha value is 0.280. The zero-order chi connectivity index (χ0) is 10.1. The summed E-state index contributed by atoms with van der Waals surface area (Å²) in [6.07, 6.45) is -6.07. The molecule has 0 bridgehead atoms. The molecule has 0 spiro atoms. The molecule has 13 heavy (non-hydrogen) atoms. The van der Waals surface area contributed by atoms with Crippen molar-refractivity contribution >= 4 is 25.2 Å². The van der Waals surface area contributed by atoms with E-state index < -0.39 is 49.5 Å². The third-order valence-corrected chi connectivity index (χ3v) is 4.19. The van der Waals surface area contributed by atoms with Gasteiger partial charge in [0.2, 0.25) is 0 Å². The van der Waals surface area contributed by atoms with Crippen LogP contribution in [-0.2, 0) is 0 Å². The molecule has 1 saturated heterocycles. The minimum absolute atomic E-state index is 0.163. The summed E-state index contributed by atoms with van der Waals surface area (Å²) >= 11 is -0.614. The summed E-state index contributed by atoms with van der Waals surface area (Å²) < 4.78 is 52.6. The highest BCUT2D eigenvalue weighted by Gasteiger charge is 2.44. The third kappa shape index (κ3) is 2.87. The Balaban J connectivity index is 2.55. The Bertz CT molecular complexity index is 193. The molecule has 1 rings (SSSR count). The lowest BCUT2D eigenvalue weighted by atomic mass is 9.98. The molecule has 0 saturated carbocycles. The summed E-state index contributed by atoms with van der Waals surface area (Å²) in [5, 5.41) is 2.57. The molecule has 0 amide bonds. The lowest BCUT2D eigenvalue weighted by Gasteiger charge is -2.31. The molecular weight excluding hydrogens is 301 g/mol. The van der Waals surface area contributed by atoms with E-state index in [1.165, 1.54) is 0 Å². The predicted octanol–water partition coefficient (Wildman–Crippen LogP) is 2.23. The SMILES string of the molecule is C=IC1NCC(C(F)(F)F)CC1F. The van der Waals surface area contributed by atoms with Crippen LogP contribution in [0.5, 0.6) is 0 Å². The van der Waals surface area contributed by atoms with Crippen LogP contribution >= 0.6 is 20.7 Å². The molecule has 0 aromatic heterocycles. The summed E-state index contributed by atoms with van der Waals surface area (Å²) in [7, 11) is 0. The van der Waals surface area contributed by atoms with Crippen LogP contribution in [0.15, 0.2) is 0 Å². The number of hydrogen-bond donors (Lipinski definition) is 1. The molecule has 3 unspecified atom stereocenters. The van der Waals surface area contributed by atoms with Crippen molar-refractivity contribution in [2.24, 2.45) is 5.92 Å². The van der Waals surface area contributed by atoms with E-state index in [1.807, 2.05) is 0 Å². The summed E-state index contributed by atoms with van der Waals surface area (Å²) in [4.78, 5) is 0. The predicted molar refractivity (Wildman–Crippen MR) is 52.0 cm³/mol. The highest BCUT2D eigenvalue weighted by atomic mass is 127. The van der Waals surface area contributed by atoms with E-state index in [2.05, 4.69) is 9.83 Å². The Kier molecular flexibility index (Phi) is 3.67. The van der Waals surface area contributed by atoms with Crippen LogP contribution in [0.25, 0.3) is 0 Å². The molecule has 1 aliphatic heterocycles. The third-order valence-electron chi connectivity index (χ3n) is 2.02. The zero-order valence-corrected chi connectivity index (χ0v) is 8.90.